The lowest BCUT2D eigenvalue weighted by molar-refractivity contribution is 0.662. The Morgan fingerprint density at radius 3 is 3.08 bits per heavy atom. The third-order valence-corrected chi connectivity index (χ3v) is 1.71. The summed E-state index contributed by atoms with van der Waals surface area (Å²) < 4.78 is 1.69. The van der Waals surface area contributed by atoms with Crippen molar-refractivity contribution in [3.63, 3.8) is 0 Å². The molecular weight excluding hydrogens is 176 g/mol. The van der Waals surface area contributed by atoms with Gasteiger partial charge in [-0.1, -0.05) is 5.21 Å². The zero-order valence-electron chi connectivity index (χ0n) is 7.13. The van der Waals surface area contributed by atoms with Crippen molar-refractivity contribution in [3.05, 3.63) is 11.9 Å². The number of hydrogen-bond acceptors (Lipinski definition) is 3. The van der Waals surface area contributed by atoms with E-state index in [0.29, 0.717) is 5.88 Å². The van der Waals surface area contributed by atoms with Crippen LogP contribution in [0.4, 0.5) is 0 Å². The number of hydrogen-bond donors (Lipinski definition) is 1. The Kier molecular flexibility index (Phi) is 4.04. The van der Waals surface area contributed by atoms with Gasteiger partial charge in [0.25, 0.3) is 0 Å². The van der Waals surface area contributed by atoms with E-state index in [-0.39, 0.29) is 0 Å². The number of alkyl halides is 1. The van der Waals surface area contributed by atoms with E-state index in [0.717, 1.165) is 25.2 Å². The van der Waals surface area contributed by atoms with Crippen LogP contribution in [0.5, 0.6) is 0 Å². The van der Waals surface area contributed by atoms with Gasteiger partial charge in [0.1, 0.15) is 0 Å². The molecule has 0 unspecified atom stereocenters. The highest BCUT2D eigenvalue weighted by Gasteiger charge is 1.95. The average Bonchev–Trinajstić information content (AvgIpc) is 2.45. The van der Waals surface area contributed by atoms with Crippen LogP contribution in [-0.2, 0) is 13.6 Å². The van der Waals surface area contributed by atoms with Crippen molar-refractivity contribution in [1.82, 2.24) is 20.3 Å². The normalized spacial score (nSPS) is 10.5. The molecule has 0 aliphatic heterocycles. The van der Waals surface area contributed by atoms with Crippen LogP contribution in [0.3, 0.4) is 0 Å². The SMILES string of the molecule is Cn1cc(CNCCCCl)nn1. The molecule has 1 aromatic heterocycles. The van der Waals surface area contributed by atoms with E-state index in [1.54, 1.807) is 4.68 Å². The van der Waals surface area contributed by atoms with Gasteiger partial charge >= 0.3 is 0 Å². The fourth-order valence-electron chi connectivity index (χ4n) is 0.885. The molecule has 0 spiro atoms. The molecule has 0 radical (unpaired) electrons. The predicted octanol–water partition coefficient (Wildman–Crippen LogP) is 0.534. The number of nitrogens with one attached hydrogen (secondary N) is 1. The summed E-state index contributed by atoms with van der Waals surface area (Å²) >= 11 is 5.52. The third kappa shape index (κ3) is 3.19. The van der Waals surface area contributed by atoms with Crippen molar-refractivity contribution in [2.75, 3.05) is 12.4 Å². The highest BCUT2D eigenvalue weighted by Crippen LogP contribution is 1.90. The summed E-state index contributed by atoms with van der Waals surface area (Å²) in [5.74, 6) is 0.702. The first kappa shape index (κ1) is 9.48. The molecule has 4 nitrogen and oxygen atoms in total. The Labute approximate surface area is 76.9 Å². The molecule has 1 rings (SSSR count). The fourth-order valence-corrected chi connectivity index (χ4v) is 1.02. The summed E-state index contributed by atoms with van der Waals surface area (Å²) in [6, 6.07) is 0. The second kappa shape index (κ2) is 5.11. The van der Waals surface area contributed by atoms with E-state index in [2.05, 4.69) is 15.6 Å². The maximum Gasteiger partial charge on any atom is 0.0964 e. The lowest BCUT2D eigenvalue weighted by Gasteiger charge is -1.98. The molecule has 1 N–H and O–H groups in total. The van der Waals surface area contributed by atoms with Crippen molar-refractivity contribution < 1.29 is 0 Å². The van der Waals surface area contributed by atoms with Crippen LogP contribution in [-0.4, -0.2) is 27.4 Å². The summed E-state index contributed by atoms with van der Waals surface area (Å²) in [7, 11) is 1.86. The molecule has 0 amide bonds. The first-order valence-electron chi connectivity index (χ1n) is 3.95. The van der Waals surface area contributed by atoms with Gasteiger partial charge in [-0.25, -0.2) is 0 Å². The number of rotatable bonds is 5. The molecule has 0 bridgehead atoms. The molecule has 0 saturated carbocycles. The van der Waals surface area contributed by atoms with Crippen molar-refractivity contribution in [2.45, 2.75) is 13.0 Å². The smallest absolute Gasteiger partial charge is 0.0964 e. The van der Waals surface area contributed by atoms with E-state index in [1.165, 1.54) is 0 Å². The largest absolute Gasteiger partial charge is 0.311 e. The number of nitrogens with zero attached hydrogens (tertiary/aromatic N) is 3. The summed E-state index contributed by atoms with van der Waals surface area (Å²) in [5.41, 5.74) is 0.965. The Morgan fingerprint density at radius 1 is 1.67 bits per heavy atom. The van der Waals surface area contributed by atoms with Crippen molar-refractivity contribution >= 4 is 11.6 Å². The standard InChI is InChI=1S/C7H13ClN4/c1-12-6-7(10-11-12)5-9-4-2-3-8/h6,9H,2-5H2,1H3. The zero-order chi connectivity index (χ0) is 8.81. The summed E-state index contributed by atoms with van der Waals surface area (Å²) in [6.07, 6.45) is 2.88. The van der Waals surface area contributed by atoms with Crippen LogP contribution in [0.1, 0.15) is 12.1 Å². The molecule has 0 aromatic carbocycles. The number of aryl methyl sites for hydroxylation is 1. The Morgan fingerprint density at radius 2 is 2.50 bits per heavy atom. The molecule has 68 valence electrons. The maximum atomic E-state index is 5.52. The van der Waals surface area contributed by atoms with E-state index >= 15 is 0 Å². The maximum absolute atomic E-state index is 5.52. The van der Waals surface area contributed by atoms with Gasteiger partial charge in [0, 0.05) is 25.7 Å². The lowest BCUT2D eigenvalue weighted by atomic mass is 10.4. The Balaban J connectivity index is 2.15. The van der Waals surface area contributed by atoms with Crippen molar-refractivity contribution in [3.8, 4) is 0 Å². The predicted molar refractivity (Wildman–Crippen MR) is 48.0 cm³/mol. The van der Waals surface area contributed by atoms with E-state index < -0.39 is 0 Å². The average molecular weight is 189 g/mol. The quantitative estimate of drug-likeness (QED) is 0.542. The molecule has 12 heavy (non-hydrogen) atoms. The number of aromatic nitrogens is 3. The molecule has 0 aliphatic rings. The minimum absolute atomic E-state index is 0.702. The molecule has 0 fully saturated rings. The molecule has 5 heteroatoms. The van der Waals surface area contributed by atoms with E-state index in [9.17, 15) is 0 Å². The highest BCUT2D eigenvalue weighted by molar-refractivity contribution is 6.17. The van der Waals surface area contributed by atoms with Crippen LogP contribution in [0.15, 0.2) is 6.20 Å². The van der Waals surface area contributed by atoms with Gasteiger partial charge in [0.05, 0.1) is 5.69 Å². The molecular formula is C7H13ClN4. The van der Waals surface area contributed by atoms with Crippen LogP contribution in [0, 0.1) is 0 Å². The van der Waals surface area contributed by atoms with Gasteiger partial charge in [0.15, 0.2) is 0 Å². The lowest BCUT2D eigenvalue weighted by Crippen LogP contribution is -2.15. The first-order chi connectivity index (χ1) is 5.83. The van der Waals surface area contributed by atoms with Crippen LogP contribution < -0.4 is 5.32 Å². The van der Waals surface area contributed by atoms with Gasteiger partial charge in [-0.2, -0.15) is 0 Å². The summed E-state index contributed by atoms with van der Waals surface area (Å²) in [6.45, 7) is 1.70. The van der Waals surface area contributed by atoms with Crippen molar-refractivity contribution in [1.29, 1.82) is 0 Å². The summed E-state index contributed by atoms with van der Waals surface area (Å²) in [4.78, 5) is 0. The van der Waals surface area contributed by atoms with Gasteiger partial charge in [-0.15, -0.1) is 16.7 Å². The molecule has 0 atom stereocenters. The second-order valence-electron chi connectivity index (χ2n) is 2.60. The Bertz CT molecular complexity index is 223. The second-order valence-corrected chi connectivity index (χ2v) is 2.98. The minimum atomic E-state index is 0.702. The molecule has 0 aliphatic carbocycles. The number of halogens is 1. The van der Waals surface area contributed by atoms with Crippen LogP contribution >= 0.6 is 11.6 Å². The molecule has 1 heterocycles. The molecule has 1 aromatic rings. The fraction of sp³-hybridized carbons (Fsp3) is 0.714. The van der Waals surface area contributed by atoms with E-state index in [4.69, 9.17) is 11.6 Å². The topological polar surface area (TPSA) is 42.7 Å². The van der Waals surface area contributed by atoms with Gasteiger partial charge < -0.3 is 5.32 Å². The highest BCUT2D eigenvalue weighted by atomic mass is 35.5. The van der Waals surface area contributed by atoms with Gasteiger partial charge in [0.2, 0.25) is 0 Å². The molecule has 0 saturated heterocycles. The Hall–Kier alpha value is -0.610. The first-order valence-corrected chi connectivity index (χ1v) is 4.48. The van der Waals surface area contributed by atoms with E-state index in [1.807, 2.05) is 13.2 Å². The minimum Gasteiger partial charge on any atom is -0.311 e. The van der Waals surface area contributed by atoms with Crippen molar-refractivity contribution in [2.24, 2.45) is 7.05 Å². The summed E-state index contributed by atoms with van der Waals surface area (Å²) in [5, 5.41) is 11.0. The van der Waals surface area contributed by atoms with Gasteiger partial charge in [-0.3, -0.25) is 4.68 Å². The zero-order valence-corrected chi connectivity index (χ0v) is 7.88. The van der Waals surface area contributed by atoms with Gasteiger partial charge in [-0.05, 0) is 13.0 Å². The third-order valence-electron chi connectivity index (χ3n) is 1.44. The van der Waals surface area contributed by atoms with Crippen LogP contribution in [0.25, 0.3) is 0 Å². The monoisotopic (exact) mass is 188 g/mol. The van der Waals surface area contributed by atoms with Crippen LogP contribution in [0.2, 0.25) is 0 Å².